The number of rotatable bonds is 1. The second-order valence-electron chi connectivity index (χ2n) is 1.66. The van der Waals surface area contributed by atoms with Crippen molar-refractivity contribution < 1.29 is 13.5 Å². The van der Waals surface area contributed by atoms with E-state index in [4.69, 9.17) is 0 Å². The predicted molar refractivity (Wildman–Crippen MR) is 27.4 cm³/mol. The van der Waals surface area contributed by atoms with Gasteiger partial charge in [-0.3, -0.25) is 5.73 Å². The van der Waals surface area contributed by atoms with Crippen molar-refractivity contribution in [3.63, 3.8) is 0 Å². The number of aliphatic imine (C=N–C) groups is 1. The summed E-state index contributed by atoms with van der Waals surface area (Å²) in [5, 5.41) is 0. The molecule has 0 amide bonds. The molecule has 1 rings (SSSR count). The van der Waals surface area contributed by atoms with E-state index in [1.54, 1.807) is 0 Å². The van der Waals surface area contributed by atoms with Gasteiger partial charge in [-0.05, 0) is 0 Å². The van der Waals surface area contributed by atoms with E-state index in [-0.39, 0.29) is 13.2 Å². The van der Waals surface area contributed by atoms with Gasteiger partial charge in [0, 0.05) is 0 Å². The maximum Gasteiger partial charge on any atom is 0.375 e. The Hall–Kier alpha value is -0.710. The van der Waals surface area contributed by atoms with Crippen LogP contribution >= 0.6 is 0 Å². The lowest BCUT2D eigenvalue weighted by atomic mass is 10.6. The van der Waals surface area contributed by atoms with E-state index in [1.807, 2.05) is 0 Å². The molecule has 5 heteroatoms. The van der Waals surface area contributed by atoms with Crippen LogP contribution in [-0.4, -0.2) is 25.1 Å². The summed E-state index contributed by atoms with van der Waals surface area (Å²) in [6.07, 6.45) is 0. The molecule has 0 saturated heterocycles. The van der Waals surface area contributed by atoms with Crippen LogP contribution < -0.4 is 5.73 Å². The first kappa shape index (κ1) is 6.41. The van der Waals surface area contributed by atoms with Crippen LogP contribution in [0.25, 0.3) is 0 Å². The van der Waals surface area contributed by atoms with Crippen molar-refractivity contribution >= 4 is 5.90 Å². The minimum Gasteiger partial charge on any atom is -0.474 e. The highest BCUT2D eigenvalue weighted by Crippen LogP contribution is 2.11. The Bertz CT molecular complexity index is 140. The Morgan fingerprint density at radius 2 is 2.33 bits per heavy atom. The highest BCUT2D eigenvalue weighted by Gasteiger charge is 2.34. The quantitative estimate of drug-likeness (QED) is 0.514. The summed E-state index contributed by atoms with van der Waals surface area (Å²) in [6.45, 7) is 0.490. The first-order valence-corrected chi connectivity index (χ1v) is 2.45. The van der Waals surface area contributed by atoms with E-state index < -0.39 is 11.9 Å². The predicted octanol–water partition coefficient (Wildman–Crippen LogP) is -0.0334. The number of alkyl halides is 2. The van der Waals surface area contributed by atoms with Crippen LogP contribution in [0.1, 0.15) is 0 Å². The molecule has 1 aliphatic heterocycles. The van der Waals surface area contributed by atoms with Crippen molar-refractivity contribution in [3.05, 3.63) is 0 Å². The lowest BCUT2D eigenvalue weighted by Crippen LogP contribution is -2.38. The topological polar surface area (TPSA) is 47.6 Å². The molecule has 2 N–H and O–H groups in total. The number of halogens is 2. The first-order valence-electron chi connectivity index (χ1n) is 2.45. The second kappa shape index (κ2) is 1.91. The molecule has 0 unspecified atom stereocenters. The van der Waals surface area contributed by atoms with Crippen LogP contribution in [0, 0.1) is 0 Å². The van der Waals surface area contributed by atoms with E-state index in [0.29, 0.717) is 0 Å². The third-order valence-corrected chi connectivity index (χ3v) is 0.871. The van der Waals surface area contributed by atoms with Crippen LogP contribution in [-0.2, 0) is 4.74 Å². The highest BCUT2D eigenvalue weighted by atomic mass is 19.3. The highest BCUT2D eigenvalue weighted by molar-refractivity contribution is 5.83. The molecule has 9 heavy (non-hydrogen) atoms. The normalized spacial score (nSPS) is 19.2. The molecule has 0 aliphatic carbocycles. The molecule has 0 aromatic carbocycles. The molecule has 0 radical (unpaired) electrons. The molecule has 0 aromatic heterocycles. The van der Waals surface area contributed by atoms with Gasteiger partial charge in [0.2, 0.25) is 0 Å². The Morgan fingerprint density at radius 1 is 1.67 bits per heavy atom. The molecule has 0 spiro atoms. The zero-order chi connectivity index (χ0) is 6.91. The summed E-state index contributed by atoms with van der Waals surface area (Å²) in [7, 11) is 0. The van der Waals surface area contributed by atoms with Crippen LogP contribution in [0.3, 0.4) is 0 Å². The molecule has 0 atom stereocenters. The van der Waals surface area contributed by atoms with Crippen LogP contribution in [0.15, 0.2) is 4.99 Å². The fourth-order valence-electron chi connectivity index (χ4n) is 0.537. The van der Waals surface area contributed by atoms with Crippen molar-refractivity contribution in [1.29, 1.82) is 0 Å². The third-order valence-electron chi connectivity index (χ3n) is 0.871. The molecule has 52 valence electrons. The van der Waals surface area contributed by atoms with Gasteiger partial charge in [-0.15, -0.1) is 0 Å². The Balaban J connectivity index is 2.61. The van der Waals surface area contributed by atoms with Gasteiger partial charge in [-0.1, -0.05) is 0 Å². The van der Waals surface area contributed by atoms with Gasteiger partial charge in [0.05, 0.1) is 6.54 Å². The van der Waals surface area contributed by atoms with Crippen molar-refractivity contribution in [1.82, 2.24) is 0 Å². The Labute approximate surface area is 50.5 Å². The molecular weight excluding hydrogens is 130 g/mol. The maximum absolute atomic E-state index is 11.9. The average molecular weight is 136 g/mol. The summed E-state index contributed by atoms with van der Waals surface area (Å²) in [6, 6.07) is -3.39. The van der Waals surface area contributed by atoms with Gasteiger partial charge in [0.1, 0.15) is 6.61 Å². The molecule has 0 bridgehead atoms. The van der Waals surface area contributed by atoms with E-state index in [0.717, 1.165) is 0 Å². The number of nitrogens with two attached hydrogens (primary N) is 1. The number of ether oxygens (including phenoxy) is 1. The smallest absolute Gasteiger partial charge is 0.375 e. The van der Waals surface area contributed by atoms with Crippen molar-refractivity contribution in [2.45, 2.75) is 6.05 Å². The Kier molecular flexibility index (Phi) is 1.36. The zero-order valence-electron chi connectivity index (χ0n) is 4.60. The van der Waals surface area contributed by atoms with Gasteiger partial charge in [0.15, 0.2) is 0 Å². The summed E-state index contributed by atoms with van der Waals surface area (Å²) in [4.78, 5) is 3.33. The number of hydrogen-bond donors (Lipinski definition) is 1. The zero-order valence-corrected chi connectivity index (χ0v) is 4.60. The summed E-state index contributed by atoms with van der Waals surface area (Å²) >= 11 is 0. The summed E-state index contributed by atoms with van der Waals surface area (Å²) in [5.74, 6) is -0.650. The first-order chi connectivity index (χ1) is 4.11. The summed E-state index contributed by atoms with van der Waals surface area (Å²) < 4.78 is 28.3. The van der Waals surface area contributed by atoms with Gasteiger partial charge >= 0.3 is 6.05 Å². The van der Waals surface area contributed by atoms with E-state index in [9.17, 15) is 8.78 Å². The molecule has 1 aliphatic rings. The van der Waals surface area contributed by atoms with E-state index in [1.165, 1.54) is 0 Å². The third kappa shape index (κ3) is 1.35. The van der Waals surface area contributed by atoms with Gasteiger partial charge < -0.3 is 4.74 Å². The van der Waals surface area contributed by atoms with Crippen molar-refractivity contribution in [2.75, 3.05) is 13.2 Å². The fourth-order valence-corrected chi connectivity index (χ4v) is 0.537. The molecule has 1 heterocycles. The van der Waals surface area contributed by atoms with Gasteiger partial charge in [-0.2, -0.15) is 8.78 Å². The van der Waals surface area contributed by atoms with Gasteiger partial charge in [0.25, 0.3) is 5.90 Å². The van der Waals surface area contributed by atoms with Crippen molar-refractivity contribution in [3.8, 4) is 0 Å². The van der Waals surface area contributed by atoms with Crippen LogP contribution in [0.2, 0.25) is 0 Å². The standard InChI is InChI=1S/C4H6F2N2O/c5-4(6,7)3-8-1-2-9-3/h1-2,7H2. The summed E-state index contributed by atoms with van der Waals surface area (Å²) in [5.41, 5.74) is 4.35. The minimum atomic E-state index is -3.39. The van der Waals surface area contributed by atoms with Gasteiger partial charge in [-0.25, -0.2) is 4.99 Å². The maximum atomic E-state index is 11.9. The lowest BCUT2D eigenvalue weighted by Gasteiger charge is -2.07. The van der Waals surface area contributed by atoms with Crippen LogP contribution in [0.5, 0.6) is 0 Å². The molecular formula is C4H6F2N2O. The number of hydrogen-bond acceptors (Lipinski definition) is 3. The minimum absolute atomic E-state index is 0.210. The SMILES string of the molecule is NC(F)(F)C1=NCCO1. The monoisotopic (exact) mass is 136 g/mol. The fraction of sp³-hybridized carbons (Fsp3) is 0.750. The van der Waals surface area contributed by atoms with E-state index in [2.05, 4.69) is 15.5 Å². The molecule has 0 saturated carbocycles. The largest absolute Gasteiger partial charge is 0.474 e. The Morgan fingerprint density at radius 3 is 2.56 bits per heavy atom. The second-order valence-corrected chi connectivity index (χ2v) is 1.66. The van der Waals surface area contributed by atoms with Crippen LogP contribution in [0.4, 0.5) is 8.78 Å². The molecule has 0 aromatic rings. The van der Waals surface area contributed by atoms with Crippen molar-refractivity contribution in [2.24, 2.45) is 10.7 Å². The average Bonchev–Trinajstić information content (AvgIpc) is 2.08. The van der Waals surface area contributed by atoms with E-state index >= 15 is 0 Å². The lowest BCUT2D eigenvalue weighted by molar-refractivity contribution is 0.0589. The number of nitrogens with zero attached hydrogens (tertiary/aromatic N) is 1. The molecule has 0 fully saturated rings. The molecule has 3 nitrogen and oxygen atoms in total.